The Hall–Kier alpha value is -0.960. The van der Waals surface area contributed by atoms with E-state index >= 15 is 0 Å². The van der Waals surface area contributed by atoms with Crippen molar-refractivity contribution in [2.75, 3.05) is 0 Å². The van der Waals surface area contributed by atoms with E-state index in [1.54, 1.807) is 6.07 Å². The third kappa shape index (κ3) is 2.24. The molecule has 2 nitrogen and oxygen atoms in total. The number of ketones is 2. The summed E-state index contributed by atoms with van der Waals surface area (Å²) in [5, 5.41) is 0. The normalized spacial score (nSPS) is 20.8. The first-order valence-corrected chi connectivity index (χ1v) is 6.31. The van der Waals surface area contributed by atoms with Gasteiger partial charge in [0.25, 0.3) is 0 Å². The molecule has 0 saturated heterocycles. The van der Waals surface area contributed by atoms with E-state index in [1.807, 2.05) is 18.2 Å². The van der Waals surface area contributed by atoms with E-state index in [4.69, 9.17) is 0 Å². The zero-order chi connectivity index (χ0) is 11.5. The third-order valence-electron chi connectivity index (χ3n) is 3.01. The second-order valence-electron chi connectivity index (χ2n) is 4.11. The minimum absolute atomic E-state index is 0.0304. The molecule has 0 spiro atoms. The van der Waals surface area contributed by atoms with Gasteiger partial charge in [-0.1, -0.05) is 40.5 Å². The summed E-state index contributed by atoms with van der Waals surface area (Å²) in [7, 11) is 0. The second-order valence-corrected chi connectivity index (χ2v) is 4.96. The maximum atomic E-state index is 12.2. The summed E-state index contributed by atoms with van der Waals surface area (Å²) in [6.45, 7) is 0. The Balaban J connectivity index is 2.25. The molecule has 0 N–H and O–H groups in total. The van der Waals surface area contributed by atoms with Crippen LogP contribution in [0.5, 0.6) is 0 Å². The number of rotatable bonds is 2. The van der Waals surface area contributed by atoms with E-state index in [2.05, 4.69) is 15.9 Å². The van der Waals surface area contributed by atoms with Crippen LogP contribution in [0.1, 0.15) is 36.0 Å². The van der Waals surface area contributed by atoms with Crippen molar-refractivity contribution in [2.45, 2.75) is 25.7 Å². The molecule has 0 bridgehead atoms. The fraction of sp³-hybridized carbons (Fsp3) is 0.385. The molecular formula is C13H13BrO2. The van der Waals surface area contributed by atoms with Gasteiger partial charge in [0.1, 0.15) is 5.78 Å². The molecule has 1 fully saturated rings. The third-order valence-corrected chi connectivity index (χ3v) is 3.70. The first kappa shape index (κ1) is 11.5. The Morgan fingerprint density at radius 2 is 2.00 bits per heavy atom. The number of carbonyl (C=O) groups is 2. The van der Waals surface area contributed by atoms with Crippen molar-refractivity contribution in [3.63, 3.8) is 0 Å². The molecule has 1 aliphatic rings. The Bertz CT molecular complexity index is 426. The molecule has 2 rings (SSSR count). The summed E-state index contributed by atoms with van der Waals surface area (Å²) in [6.07, 6.45) is 3.17. The van der Waals surface area contributed by atoms with E-state index in [0.29, 0.717) is 18.4 Å². The van der Waals surface area contributed by atoms with Gasteiger partial charge in [-0.3, -0.25) is 9.59 Å². The highest BCUT2D eigenvalue weighted by Crippen LogP contribution is 2.27. The molecule has 1 unspecified atom stereocenters. The van der Waals surface area contributed by atoms with Gasteiger partial charge in [-0.2, -0.15) is 0 Å². The topological polar surface area (TPSA) is 34.1 Å². The van der Waals surface area contributed by atoms with Crippen molar-refractivity contribution < 1.29 is 9.59 Å². The highest BCUT2D eigenvalue weighted by Gasteiger charge is 2.30. The number of carbonyl (C=O) groups excluding carboxylic acids is 2. The van der Waals surface area contributed by atoms with Crippen LogP contribution in [0.3, 0.4) is 0 Å². The summed E-state index contributed by atoms with van der Waals surface area (Å²) >= 11 is 3.35. The number of halogens is 1. The molecule has 0 aromatic heterocycles. The van der Waals surface area contributed by atoms with Crippen LogP contribution in [0, 0.1) is 5.92 Å². The maximum absolute atomic E-state index is 12.2. The molecule has 3 heteroatoms. The molecule has 84 valence electrons. The molecule has 0 radical (unpaired) electrons. The zero-order valence-electron chi connectivity index (χ0n) is 8.91. The van der Waals surface area contributed by atoms with Crippen LogP contribution in [-0.2, 0) is 4.79 Å². The lowest BCUT2D eigenvalue weighted by atomic mass is 9.83. The summed E-state index contributed by atoms with van der Waals surface area (Å²) in [5.41, 5.74) is 0.628. The highest BCUT2D eigenvalue weighted by molar-refractivity contribution is 9.10. The molecule has 1 aliphatic carbocycles. The van der Waals surface area contributed by atoms with E-state index in [1.165, 1.54) is 0 Å². The fourth-order valence-electron chi connectivity index (χ4n) is 2.11. The van der Waals surface area contributed by atoms with E-state index < -0.39 is 5.92 Å². The molecule has 0 heterocycles. The van der Waals surface area contributed by atoms with Crippen molar-refractivity contribution >= 4 is 27.5 Å². The monoisotopic (exact) mass is 280 g/mol. The number of hydrogen-bond donors (Lipinski definition) is 0. The van der Waals surface area contributed by atoms with E-state index in [0.717, 1.165) is 17.3 Å². The smallest absolute Gasteiger partial charge is 0.174 e. The van der Waals surface area contributed by atoms with Gasteiger partial charge in [0.15, 0.2) is 5.78 Å². The Labute approximate surface area is 103 Å². The van der Waals surface area contributed by atoms with E-state index in [9.17, 15) is 9.59 Å². The summed E-state index contributed by atoms with van der Waals surface area (Å²) < 4.78 is 0.776. The fourth-order valence-corrected chi connectivity index (χ4v) is 2.59. The highest BCUT2D eigenvalue weighted by atomic mass is 79.9. The lowest BCUT2D eigenvalue weighted by molar-refractivity contribution is -0.122. The average molecular weight is 281 g/mol. The maximum Gasteiger partial charge on any atom is 0.174 e. The number of Topliss-reactive ketones (excluding diaryl/α,β-unsaturated/α-hetero) is 2. The quantitative estimate of drug-likeness (QED) is 0.615. The SMILES string of the molecule is O=C1CCCCC1C(=O)c1ccccc1Br. The molecule has 1 aromatic rings. The lowest BCUT2D eigenvalue weighted by Gasteiger charge is -2.19. The molecule has 1 atom stereocenters. The summed E-state index contributed by atoms with van der Waals surface area (Å²) in [6, 6.07) is 7.30. The predicted molar refractivity (Wildman–Crippen MR) is 65.4 cm³/mol. The molecule has 1 aromatic carbocycles. The van der Waals surface area contributed by atoms with Crippen molar-refractivity contribution in [2.24, 2.45) is 5.92 Å². The van der Waals surface area contributed by atoms with Crippen LogP contribution < -0.4 is 0 Å². The first-order chi connectivity index (χ1) is 7.70. The Morgan fingerprint density at radius 1 is 1.25 bits per heavy atom. The average Bonchev–Trinajstić information content (AvgIpc) is 2.29. The Morgan fingerprint density at radius 3 is 2.69 bits per heavy atom. The van der Waals surface area contributed by atoms with Gasteiger partial charge < -0.3 is 0 Å². The molecular weight excluding hydrogens is 268 g/mol. The van der Waals surface area contributed by atoms with Gasteiger partial charge in [-0.25, -0.2) is 0 Å². The van der Waals surface area contributed by atoms with E-state index in [-0.39, 0.29) is 11.6 Å². The largest absolute Gasteiger partial charge is 0.299 e. The molecule has 0 amide bonds. The zero-order valence-corrected chi connectivity index (χ0v) is 10.5. The lowest BCUT2D eigenvalue weighted by Crippen LogP contribution is -2.27. The van der Waals surface area contributed by atoms with Crippen molar-refractivity contribution in [1.29, 1.82) is 0 Å². The predicted octanol–water partition coefficient (Wildman–Crippen LogP) is 3.39. The van der Waals surface area contributed by atoms with Crippen LogP contribution >= 0.6 is 15.9 Å². The summed E-state index contributed by atoms with van der Waals surface area (Å²) in [4.78, 5) is 23.9. The molecule has 0 aliphatic heterocycles. The van der Waals surface area contributed by atoms with Gasteiger partial charge >= 0.3 is 0 Å². The van der Waals surface area contributed by atoms with Crippen molar-refractivity contribution in [3.8, 4) is 0 Å². The van der Waals surface area contributed by atoms with Gasteiger partial charge in [0.2, 0.25) is 0 Å². The van der Waals surface area contributed by atoms with Gasteiger partial charge in [0, 0.05) is 16.5 Å². The van der Waals surface area contributed by atoms with Crippen LogP contribution in [0.4, 0.5) is 0 Å². The van der Waals surface area contributed by atoms with Crippen LogP contribution in [0.15, 0.2) is 28.7 Å². The van der Waals surface area contributed by atoms with Gasteiger partial charge in [-0.15, -0.1) is 0 Å². The van der Waals surface area contributed by atoms with Crippen molar-refractivity contribution in [3.05, 3.63) is 34.3 Å². The van der Waals surface area contributed by atoms with Crippen molar-refractivity contribution in [1.82, 2.24) is 0 Å². The Kier molecular flexibility index (Phi) is 3.54. The molecule has 1 saturated carbocycles. The first-order valence-electron chi connectivity index (χ1n) is 5.51. The second kappa shape index (κ2) is 4.91. The minimum atomic E-state index is -0.410. The van der Waals surface area contributed by atoms with Crippen LogP contribution in [0.25, 0.3) is 0 Å². The number of hydrogen-bond acceptors (Lipinski definition) is 2. The number of benzene rings is 1. The van der Waals surface area contributed by atoms with Crippen LogP contribution in [-0.4, -0.2) is 11.6 Å². The van der Waals surface area contributed by atoms with Crippen LogP contribution in [0.2, 0.25) is 0 Å². The van der Waals surface area contributed by atoms with Gasteiger partial charge in [0.05, 0.1) is 5.92 Å². The standard InChI is InChI=1S/C13H13BrO2/c14-11-7-3-1-5-9(11)13(16)10-6-2-4-8-12(10)15/h1,3,5,7,10H,2,4,6,8H2. The minimum Gasteiger partial charge on any atom is -0.299 e. The molecule has 16 heavy (non-hydrogen) atoms. The summed E-state index contributed by atoms with van der Waals surface area (Å²) in [5.74, 6) is -0.336. The van der Waals surface area contributed by atoms with Gasteiger partial charge in [-0.05, 0) is 18.9 Å².